The summed E-state index contributed by atoms with van der Waals surface area (Å²) in [7, 11) is 0. The zero-order valence-electron chi connectivity index (χ0n) is 4.67. The molecule has 0 aliphatic carbocycles. The number of halogens is 1. The van der Waals surface area contributed by atoms with E-state index in [1.165, 1.54) is 0 Å². The topological polar surface area (TPSA) is 29.4 Å². The molecule has 1 rings (SSSR count). The summed E-state index contributed by atoms with van der Waals surface area (Å²) in [6.45, 7) is 0.443. The molecule has 0 fully saturated rings. The van der Waals surface area contributed by atoms with Crippen molar-refractivity contribution in [3.63, 3.8) is 0 Å². The van der Waals surface area contributed by atoms with Gasteiger partial charge in [-0.25, -0.2) is 0 Å². The molecule has 3 heteroatoms. The summed E-state index contributed by atoms with van der Waals surface area (Å²) >= 11 is 5.47. The van der Waals surface area contributed by atoms with Gasteiger partial charge in [-0.15, -0.1) is 0 Å². The zero-order valence-corrected chi connectivity index (χ0v) is 5.43. The Morgan fingerprint density at radius 1 is 1.89 bits per heavy atom. The van der Waals surface area contributed by atoms with Gasteiger partial charge in [0.1, 0.15) is 5.17 Å². The summed E-state index contributed by atoms with van der Waals surface area (Å²) in [4.78, 5) is 13.8. The predicted octanol–water partition coefficient (Wildman–Crippen LogP) is 0.919. The lowest BCUT2D eigenvalue weighted by Gasteiger charge is -2.03. The molecule has 0 aromatic rings. The maximum absolute atomic E-state index is 9.98. The van der Waals surface area contributed by atoms with Gasteiger partial charge in [0.15, 0.2) is 0 Å². The van der Waals surface area contributed by atoms with E-state index in [2.05, 4.69) is 4.99 Å². The Kier molecular flexibility index (Phi) is 2.01. The van der Waals surface area contributed by atoms with E-state index < -0.39 is 0 Å². The first-order chi connectivity index (χ1) is 4.33. The average Bonchev–Trinajstić information content (AvgIpc) is 1.90. The number of nitrogens with zero attached hydrogens (tertiary/aromatic N) is 1. The molecule has 47 valence electrons. The fourth-order valence-corrected chi connectivity index (χ4v) is 0.713. The third-order valence-corrected chi connectivity index (χ3v) is 1.30. The van der Waals surface area contributed by atoms with Gasteiger partial charge in [-0.1, -0.05) is 17.7 Å². The van der Waals surface area contributed by atoms with Crippen LogP contribution in [0.3, 0.4) is 0 Å². The third-order valence-electron chi connectivity index (χ3n) is 1.06. The van der Waals surface area contributed by atoms with E-state index in [1.54, 1.807) is 12.2 Å². The van der Waals surface area contributed by atoms with Crippen molar-refractivity contribution < 1.29 is 4.79 Å². The molecule has 1 unspecified atom stereocenters. The summed E-state index contributed by atoms with van der Waals surface area (Å²) in [5, 5.41) is 0.460. The van der Waals surface area contributed by atoms with Crippen molar-refractivity contribution in [1.29, 1.82) is 0 Å². The van der Waals surface area contributed by atoms with Crippen molar-refractivity contribution in [2.24, 2.45) is 10.9 Å². The van der Waals surface area contributed by atoms with Crippen molar-refractivity contribution in [2.45, 2.75) is 0 Å². The third kappa shape index (κ3) is 1.64. The van der Waals surface area contributed by atoms with Gasteiger partial charge in [0.25, 0.3) is 0 Å². The van der Waals surface area contributed by atoms with Crippen LogP contribution in [0.5, 0.6) is 0 Å². The van der Waals surface area contributed by atoms with Crippen LogP contribution in [0.2, 0.25) is 0 Å². The summed E-state index contributed by atoms with van der Waals surface area (Å²) in [6.07, 6.45) is 5.13. The second kappa shape index (κ2) is 2.78. The minimum Gasteiger partial charge on any atom is -0.290 e. The first-order valence-corrected chi connectivity index (χ1v) is 2.96. The molecule has 0 aromatic heterocycles. The summed E-state index contributed by atoms with van der Waals surface area (Å²) in [6, 6.07) is 0. The van der Waals surface area contributed by atoms with E-state index in [0.29, 0.717) is 11.7 Å². The van der Waals surface area contributed by atoms with Crippen LogP contribution in [0.15, 0.2) is 17.1 Å². The molecule has 0 N–H and O–H groups in total. The molecule has 0 aromatic carbocycles. The molecule has 0 spiro atoms. The highest BCUT2D eigenvalue weighted by molar-refractivity contribution is 6.68. The molecule has 9 heavy (non-hydrogen) atoms. The Labute approximate surface area is 58.2 Å². The second-order valence-corrected chi connectivity index (χ2v) is 2.13. The maximum atomic E-state index is 9.98. The Morgan fingerprint density at radius 3 is 3.11 bits per heavy atom. The number of carbonyl (C=O) groups excluding carboxylic acids is 1. The standard InChI is InChI=1S/C6H5ClNO/c7-6-2-1-5(4-9)3-8-6/h1-2,5H,3H2. The Bertz CT molecular complexity index is 174. The number of hydrogen-bond acceptors (Lipinski definition) is 2. The van der Waals surface area contributed by atoms with E-state index in [0.717, 1.165) is 0 Å². The Morgan fingerprint density at radius 2 is 2.67 bits per heavy atom. The van der Waals surface area contributed by atoms with Crippen LogP contribution < -0.4 is 0 Å². The molecule has 1 aliphatic heterocycles. The molecule has 1 radical (unpaired) electrons. The number of rotatable bonds is 1. The minimum absolute atomic E-state index is 0.188. The normalized spacial score (nSPS) is 25.4. The lowest BCUT2D eigenvalue weighted by molar-refractivity contribution is 0.539. The largest absolute Gasteiger partial charge is 0.290 e. The fraction of sp³-hybridized carbons (Fsp3) is 0.333. The van der Waals surface area contributed by atoms with Crippen molar-refractivity contribution >= 4 is 23.1 Å². The van der Waals surface area contributed by atoms with Gasteiger partial charge >= 0.3 is 0 Å². The quantitative estimate of drug-likeness (QED) is 0.535. The van der Waals surface area contributed by atoms with E-state index in [9.17, 15) is 4.79 Å². The zero-order chi connectivity index (χ0) is 6.69. The van der Waals surface area contributed by atoms with Gasteiger partial charge < -0.3 is 0 Å². The molecule has 1 atom stereocenters. The Hall–Kier alpha value is -0.630. The molecular formula is C6H5ClNO. The van der Waals surface area contributed by atoms with Gasteiger partial charge in [-0.2, -0.15) is 0 Å². The predicted molar refractivity (Wildman–Crippen MR) is 36.5 cm³/mol. The van der Waals surface area contributed by atoms with Crippen LogP contribution in [-0.2, 0) is 4.79 Å². The number of allylic oxidation sites excluding steroid dienone is 1. The van der Waals surface area contributed by atoms with Crippen molar-refractivity contribution in [3.05, 3.63) is 12.2 Å². The number of aliphatic imine (C=N–C) groups is 1. The number of dihydropyridines is 1. The molecule has 1 heterocycles. The average molecular weight is 143 g/mol. The molecule has 0 saturated heterocycles. The van der Waals surface area contributed by atoms with Crippen molar-refractivity contribution in [1.82, 2.24) is 0 Å². The number of hydrogen-bond donors (Lipinski definition) is 0. The maximum Gasteiger partial charge on any atom is 0.207 e. The van der Waals surface area contributed by atoms with Crippen LogP contribution in [0.4, 0.5) is 0 Å². The van der Waals surface area contributed by atoms with Gasteiger partial charge in [-0.05, 0) is 6.08 Å². The van der Waals surface area contributed by atoms with Gasteiger partial charge in [0.05, 0.1) is 12.5 Å². The first-order valence-electron chi connectivity index (χ1n) is 2.59. The highest BCUT2D eigenvalue weighted by atomic mass is 35.5. The van der Waals surface area contributed by atoms with E-state index >= 15 is 0 Å². The van der Waals surface area contributed by atoms with Crippen LogP contribution in [0, 0.1) is 5.92 Å². The fourth-order valence-electron chi connectivity index (χ4n) is 0.571. The molecule has 1 aliphatic rings. The van der Waals surface area contributed by atoms with Crippen molar-refractivity contribution in [2.75, 3.05) is 6.54 Å². The molecule has 0 saturated carbocycles. The second-order valence-electron chi connectivity index (χ2n) is 1.75. The monoisotopic (exact) mass is 142 g/mol. The first kappa shape index (κ1) is 6.49. The highest BCUT2D eigenvalue weighted by Crippen LogP contribution is 2.04. The van der Waals surface area contributed by atoms with Crippen molar-refractivity contribution in [3.8, 4) is 0 Å². The SMILES string of the molecule is O=[C]C1C=CC(Cl)=NC1. The van der Waals surface area contributed by atoms with Crippen LogP contribution in [0.1, 0.15) is 0 Å². The van der Waals surface area contributed by atoms with E-state index in [-0.39, 0.29) is 5.92 Å². The lowest BCUT2D eigenvalue weighted by atomic mass is 10.1. The molecule has 2 nitrogen and oxygen atoms in total. The van der Waals surface area contributed by atoms with Crippen LogP contribution in [-0.4, -0.2) is 18.0 Å². The molecule has 0 amide bonds. The smallest absolute Gasteiger partial charge is 0.207 e. The molecule has 0 bridgehead atoms. The van der Waals surface area contributed by atoms with Gasteiger partial charge in [-0.3, -0.25) is 9.79 Å². The minimum atomic E-state index is -0.188. The van der Waals surface area contributed by atoms with E-state index in [4.69, 9.17) is 11.6 Å². The Balaban J connectivity index is 2.58. The van der Waals surface area contributed by atoms with E-state index in [1.807, 2.05) is 6.29 Å². The van der Waals surface area contributed by atoms with Gasteiger partial charge in [0.2, 0.25) is 6.29 Å². The summed E-state index contributed by atoms with van der Waals surface area (Å²) < 4.78 is 0. The summed E-state index contributed by atoms with van der Waals surface area (Å²) in [5.74, 6) is -0.188. The van der Waals surface area contributed by atoms with Gasteiger partial charge in [0, 0.05) is 0 Å². The lowest BCUT2D eigenvalue weighted by Crippen LogP contribution is -2.07. The summed E-state index contributed by atoms with van der Waals surface area (Å²) in [5.41, 5.74) is 0. The molecular weight excluding hydrogens is 138 g/mol. The van der Waals surface area contributed by atoms with Crippen LogP contribution >= 0.6 is 11.6 Å². The highest BCUT2D eigenvalue weighted by Gasteiger charge is 2.06. The van der Waals surface area contributed by atoms with Crippen LogP contribution in [0.25, 0.3) is 0 Å².